The minimum absolute atomic E-state index is 0.740. The van der Waals surface area contributed by atoms with Gasteiger partial charge in [-0.15, -0.1) is 0 Å². The van der Waals surface area contributed by atoms with Crippen LogP contribution >= 0.6 is 0 Å². The van der Waals surface area contributed by atoms with Crippen LogP contribution in [0.4, 0.5) is 5.69 Å². The Kier molecular flexibility index (Phi) is 3.25. The van der Waals surface area contributed by atoms with Gasteiger partial charge in [0.2, 0.25) is 0 Å². The summed E-state index contributed by atoms with van der Waals surface area (Å²) < 4.78 is 5.37. The molecule has 0 unspecified atom stereocenters. The molecule has 1 aliphatic heterocycles. The molecule has 0 atom stereocenters. The van der Waals surface area contributed by atoms with Gasteiger partial charge in [0.15, 0.2) is 0 Å². The van der Waals surface area contributed by atoms with Crippen LogP contribution in [0, 0.1) is 0 Å². The number of hydrogen-bond donors (Lipinski definition) is 1. The maximum absolute atomic E-state index is 5.37. The molecule has 0 radical (unpaired) electrons. The predicted octanol–water partition coefficient (Wildman–Crippen LogP) is 1.17. The molecule has 0 amide bonds. The zero-order chi connectivity index (χ0) is 11.5. The molecule has 0 spiro atoms. The Labute approximate surface area is 102 Å². The standard InChI is InChI=1S/C13H19N3O/c1-2-11(1)15-10-12-9-13(3-4-14-12)16-5-7-17-8-6-16/h3-4,9,11,15H,1-2,5-8,10H2. The van der Waals surface area contributed by atoms with Gasteiger partial charge in [0.25, 0.3) is 0 Å². The first-order chi connectivity index (χ1) is 8.42. The molecule has 4 heteroatoms. The summed E-state index contributed by atoms with van der Waals surface area (Å²) >= 11 is 0. The first kappa shape index (κ1) is 11.0. The quantitative estimate of drug-likeness (QED) is 0.847. The highest BCUT2D eigenvalue weighted by molar-refractivity contribution is 5.46. The second kappa shape index (κ2) is 5.02. The molecule has 2 heterocycles. The number of anilines is 1. The fourth-order valence-electron chi connectivity index (χ4n) is 2.12. The molecule has 1 N–H and O–H groups in total. The number of rotatable bonds is 4. The Bertz CT molecular complexity index is 373. The summed E-state index contributed by atoms with van der Waals surface area (Å²) in [7, 11) is 0. The molecular formula is C13H19N3O. The first-order valence-corrected chi connectivity index (χ1v) is 6.43. The maximum atomic E-state index is 5.37. The van der Waals surface area contributed by atoms with Gasteiger partial charge in [-0.3, -0.25) is 4.98 Å². The summed E-state index contributed by atoms with van der Waals surface area (Å²) in [5.74, 6) is 0. The Morgan fingerprint density at radius 3 is 2.94 bits per heavy atom. The van der Waals surface area contributed by atoms with Gasteiger partial charge < -0.3 is 15.0 Å². The molecule has 1 aromatic rings. The molecule has 0 aromatic carbocycles. The van der Waals surface area contributed by atoms with Crippen molar-refractivity contribution in [2.45, 2.75) is 25.4 Å². The van der Waals surface area contributed by atoms with Gasteiger partial charge in [-0.05, 0) is 25.0 Å². The highest BCUT2D eigenvalue weighted by atomic mass is 16.5. The second-order valence-electron chi connectivity index (χ2n) is 4.76. The fourth-order valence-corrected chi connectivity index (χ4v) is 2.12. The van der Waals surface area contributed by atoms with Crippen LogP contribution in [0.3, 0.4) is 0 Å². The Hall–Kier alpha value is -1.13. The van der Waals surface area contributed by atoms with Crippen LogP contribution in [0.2, 0.25) is 0 Å². The molecule has 3 rings (SSSR count). The van der Waals surface area contributed by atoms with E-state index in [4.69, 9.17) is 4.74 Å². The lowest BCUT2D eigenvalue weighted by Gasteiger charge is -2.29. The smallest absolute Gasteiger partial charge is 0.0642 e. The van der Waals surface area contributed by atoms with Crippen molar-refractivity contribution >= 4 is 5.69 Å². The molecule has 4 nitrogen and oxygen atoms in total. The number of morpholine rings is 1. The largest absolute Gasteiger partial charge is 0.378 e. The number of nitrogens with one attached hydrogen (secondary N) is 1. The van der Waals surface area contributed by atoms with Gasteiger partial charge in [0, 0.05) is 37.6 Å². The molecule has 2 fully saturated rings. The van der Waals surface area contributed by atoms with E-state index in [0.29, 0.717) is 0 Å². The van der Waals surface area contributed by atoms with E-state index >= 15 is 0 Å². The number of nitrogens with zero attached hydrogens (tertiary/aromatic N) is 2. The van der Waals surface area contributed by atoms with Crippen molar-refractivity contribution in [1.82, 2.24) is 10.3 Å². The van der Waals surface area contributed by atoms with Crippen molar-refractivity contribution in [1.29, 1.82) is 0 Å². The topological polar surface area (TPSA) is 37.4 Å². The summed E-state index contributed by atoms with van der Waals surface area (Å²) in [5, 5.41) is 3.50. The molecule has 1 aromatic heterocycles. The maximum Gasteiger partial charge on any atom is 0.0642 e. The first-order valence-electron chi connectivity index (χ1n) is 6.43. The van der Waals surface area contributed by atoms with Crippen molar-refractivity contribution in [2.75, 3.05) is 31.2 Å². The van der Waals surface area contributed by atoms with Crippen LogP contribution in [-0.2, 0) is 11.3 Å². The monoisotopic (exact) mass is 233 g/mol. The Morgan fingerprint density at radius 2 is 2.18 bits per heavy atom. The number of hydrogen-bond acceptors (Lipinski definition) is 4. The number of aromatic nitrogens is 1. The van der Waals surface area contributed by atoms with E-state index in [1.807, 2.05) is 6.20 Å². The van der Waals surface area contributed by atoms with Crippen LogP contribution in [0.25, 0.3) is 0 Å². The van der Waals surface area contributed by atoms with Gasteiger partial charge in [-0.2, -0.15) is 0 Å². The SMILES string of the molecule is c1cc(N2CCOCC2)cc(CNC2CC2)n1. The summed E-state index contributed by atoms with van der Waals surface area (Å²) in [6.45, 7) is 4.53. The van der Waals surface area contributed by atoms with Crippen LogP contribution in [-0.4, -0.2) is 37.3 Å². The molecule has 1 saturated carbocycles. The average molecular weight is 233 g/mol. The lowest BCUT2D eigenvalue weighted by Crippen LogP contribution is -2.36. The van der Waals surface area contributed by atoms with Crippen molar-refractivity contribution in [3.63, 3.8) is 0 Å². The van der Waals surface area contributed by atoms with Crippen molar-refractivity contribution in [3.05, 3.63) is 24.0 Å². The number of ether oxygens (including phenoxy) is 1. The lowest BCUT2D eigenvalue weighted by atomic mass is 10.2. The highest BCUT2D eigenvalue weighted by Crippen LogP contribution is 2.20. The van der Waals surface area contributed by atoms with Crippen LogP contribution in [0.5, 0.6) is 0 Å². The normalized spacial score (nSPS) is 20.6. The minimum atomic E-state index is 0.740. The summed E-state index contributed by atoms with van der Waals surface area (Å²) in [6.07, 6.45) is 4.56. The molecular weight excluding hydrogens is 214 g/mol. The zero-order valence-electron chi connectivity index (χ0n) is 10.1. The van der Waals surface area contributed by atoms with Crippen LogP contribution in [0.1, 0.15) is 18.5 Å². The molecule has 0 bridgehead atoms. The molecule has 92 valence electrons. The molecule has 1 saturated heterocycles. The average Bonchev–Trinajstić information content (AvgIpc) is 3.22. The van der Waals surface area contributed by atoms with Gasteiger partial charge in [0.1, 0.15) is 0 Å². The van der Waals surface area contributed by atoms with Gasteiger partial charge >= 0.3 is 0 Å². The van der Waals surface area contributed by atoms with E-state index in [0.717, 1.165) is 44.6 Å². The van der Waals surface area contributed by atoms with Crippen molar-refractivity contribution in [3.8, 4) is 0 Å². The van der Waals surface area contributed by atoms with E-state index < -0.39 is 0 Å². The van der Waals surface area contributed by atoms with Crippen LogP contribution in [0.15, 0.2) is 18.3 Å². The van der Waals surface area contributed by atoms with E-state index in [2.05, 4.69) is 27.3 Å². The highest BCUT2D eigenvalue weighted by Gasteiger charge is 2.20. The zero-order valence-corrected chi connectivity index (χ0v) is 10.1. The predicted molar refractivity (Wildman–Crippen MR) is 67.1 cm³/mol. The Balaban J connectivity index is 1.64. The van der Waals surface area contributed by atoms with Gasteiger partial charge in [0.05, 0.1) is 18.9 Å². The summed E-state index contributed by atoms with van der Waals surface area (Å²) in [4.78, 5) is 6.78. The van der Waals surface area contributed by atoms with Crippen molar-refractivity contribution in [2.24, 2.45) is 0 Å². The van der Waals surface area contributed by atoms with E-state index in [1.54, 1.807) is 0 Å². The lowest BCUT2D eigenvalue weighted by molar-refractivity contribution is 0.122. The summed E-state index contributed by atoms with van der Waals surface area (Å²) in [6, 6.07) is 5.02. The molecule has 2 aliphatic rings. The Morgan fingerprint density at radius 1 is 1.35 bits per heavy atom. The number of pyridine rings is 1. The second-order valence-corrected chi connectivity index (χ2v) is 4.76. The third-order valence-corrected chi connectivity index (χ3v) is 3.33. The fraction of sp³-hybridized carbons (Fsp3) is 0.615. The van der Waals surface area contributed by atoms with Gasteiger partial charge in [-0.1, -0.05) is 0 Å². The summed E-state index contributed by atoms with van der Waals surface area (Å²) in [5.41, 5.74) is 2.41. The molecule has 17 heavy (non-hydrogen) atoms. The van der Waals surface area contributed by atoms with E-state index in [-0.39, 0.29) is 0 Å². The van der Waals surface area contributed by atoms with Gasteiger partial charge in [-0.25, -0.2) is 0 Å². The van der Waals surface area contributed by atoms with Crippen molar-refractivity contribution < 1.29 is 4.74 Å². The van der Waals surface area contributed by atoms with Crippen LogP contribution < -0.4 is 10.2 Å². The van der Waals surface area contributed by atoms with E-state index in [1.165, 1.54) is 18.5 Å². The van der Waals surface area contributed by atoms with E-state index in [9.17, 15) is 0 Å². The third-order valence-electron chi connectivity index (χ3n) is 3.33. The minimum Gasteiger partial charge on any atom is -0.378 e. The molecule has 1 aliphatic carbocycles. The third kappa shape index (κ3) is 2.96.